The van der Waals surface area contributed by atoms with Crippen molar-refractivity contribution in [2.45, 2.75) is 30.2 Å². The molecule has 0 saturated carbocycles. The average Bonchev–Trinajstić information content (AvgIpc) is 3.24. The molecule has 1 fully saturated rings. The Morgan fingerprint density at radius 2 is 2.08 bits per heavy atom. The van der Waals surface area contributed by atoms with Crippen LogP contribution in [0.5, 0.6) is 0 Å². The van der Waals surface area contributed by atoms with E-state index < -0.39 is 10.0 Å². The first-order chi connectivity index (χ1) is 12.1. The summed E-state index contributed by atoms with van der Waals surface area (Å²) in [5, 5.41) is 3.67. The Hall–Kier alpha value is -1.89. The van der Waals surface area contributed by atoms with Crippen LogP contribution in [0, 0.1) is 0 Å². The van der Waals surface area contributed by atoms with Crippen molar-refractivity contribution in [2.75, 3.05) is 6.54 Å². The standard InChI is InChI=1S/C18H18ClN3O2S/c19-15-6-1-2-8-17(15)25(23,24)22-12-13(11-14-5-3-9-20-14)18-16(22)7-4-10-21-18/h1-2,4,6-8,10,12,14,20H,3,5,9,11H2/t14-/m0/s1. The van der Waals surface area contributed by atoms with Crippen LogP contribution in [0.4, 0.5) is 0 Å². The Morgan fingerprint density at radius 3 is 2.84 bits per heavy atom. The maximum atomic E-state index is 13.2. The van der Waals surface area contributed by atoms with Crippen LogP contribution in [0.25, 0.3) is 11.0 Å². The fourth-order valence-electron chi connectivity index (χ4n) is 3.40. The number of aromatic nitrogens is 2. The van der Waals surface area contributed by atoms with Gasteiger partial charge in [0.25, 0.3) is 10.0 Å². The molecule has 3 heterocycles. The first-order valence-corrected chi connectivity index (χ1v) is 10.1. The van der Waals surface area contributed by atoms with Gasteiger partial charge in [-0.2, -0.15) is 0 Å². The van der Waals surface area contributed by atoms with Gasteiger partial charge in [0, 0.05) is 18.4 Å². The van der Waals surface area contributed by atoms with E-state index in [0.29, 0.717) is 11.6 Å². The van der Waals surface area contributed by atoms with Crippen molar-refractivity contribution in [3.63, 3.8) is 0 Å². The lowest BCUT2D eigenvalue weighted by atomic mass is 10.1. The van der Waals surface area contributed by atoms with Gasteiger partial charge in [0.2, 0.25) is 0 Å². The Labute approximate surface area is 151 Å². The predicted octanol–water partition coefficient (Wildman–Crippen LogP) is 3.22. The number of halogens is 1. The summed E-state index contributed by atoms with van der Waals surface area (Å²) < 4.78 is 27.6. The van der Waals surface area contributed by atoms with Gasteiger partial charge < -0.3 is 5.32 Å². The number of nitrogens with zero attached hydrogens (tertiary/aromatic N) is 2. The summed E-state index contributed by atoms with van der Waals surface area (Å²) in [7, 11) is -3.78. The maximum absolute atomic E-state index is 13.2. The lowest BCUT2D eigenvalue weighted by Gasteiger charge is -2.09. The fourth-order valence-corrected chi connectivity index (χ4v) is 5.28. The number of hydrogen-bond acceptors (Lipinski definition) is 4. The van der Waals surface area contributed by atoms with E-state index in [4.69, 9.17) is 11.6 Å². The quantitative estimate of drug-likeness (QED) is 0.760. The summed E-state index contributed by atoms with van der Waals surface area (Å²) in [4.78, 5) is 4.53. The summed E-state index contributed by atoms with van der Waals surface area (Å²) in [5.41, 5.74) is 2.24. The molecule has 1 saturated heterocycles. The molecule has 0 bridgehead atoms. The lowest BCUT2D eigenvalue weighted by molar-refractivity contribution is 0.587. The van der Waals surface area contributed by atoms with Gasteiger partial charge in [-0.25, -0.2) is 12.4 Å². The number of rotatable bonds is 4. The van der Waals surface area contributed by atoms with Crippen LogP contribution in [-0.4, -0.2) is 30.0 Å². The van der Waals surface area contributed by atoms with Crippen molar-refractivity contribution in [3.8, 4) is 0 Å². The first-order valence-electron chi connectivity index (χ1n) is 8.26. The molecule has 1 atom stereocenters. The van der Waals surface area contributed by atoms with Crippen LogP contribution in [-0.2, 0) is 16.4 Å². The summed E-state index contributed by atoms with van der Waals surface area (Å²) in [6.07, 6.45) is 6.39. The molecule has 1 aliphatic rings. The maximum Gasteiger partial charge on any atom is 0.269 e. The summed E-state index contributed by atoms with van der Waals surface area (Å²) >= 11 is 6.14. The second-order valence-electron chi connectivity index (χ2n) is 6.25. The second kappa shape index (κ2) is 6.44. The third-order valence-electron chi connectivity index (χ3n) is 4.60. The molecule has 130 valence electrons. The summed E-state index contributed by atoms with van der Waals surface area (Å²) in [6.45, 7) is 1.01. The van der Waals surface area contributed by atoms with E-state index in [1.165, 1.54) is 10.0 Å². The fraction of sp³-hybridized carbons (Fsp3) is 0.278. The minimum Gasteiger partial charge on any atom is -0.314 e. The molecule has 0 unspecified atom stereocenters. The summed E-state index contributed by atoms with van der Waals surface area (Å²) in [6, 6.07) is 10.4. The van der Waals surface area contributed by atoms with Crippen LogP contribution >= 0.6 is 11.6 Å². The number of pyridine rings is 1. The summed E-state index contributed by atoms with van der Waals surface area (Å²) in [5.74, 6) is 0. The zero-order chi connectivity index (χ0) is 17.4. The normalized spacial score (nSPS) is 18.0. The minimum absolute atomic E-state index is 0.1000. The number of benzene rings is 1. The molecule has 25 heavy (non-hydrogen) atoms. The van der Waals surface area contributed by atoms with E-state index in [1.54, 1.807) is 42.7 Å². The van der Waals surface area contributed by atoms with E-state index >= 15 is 0 Å². The van der Waals surface area contributed by atoms with E-state index in [1.807, 2.05) is 0 Å². The zero-order valence-corrected chi connectivity index (χ0v) is 15.1. The van der Waals surface area contributed by atoms with Crippen LogP contribution in [0.3, 0.4) is 0 Å². The smallest absolute Gasteiger partial charge is 0.269 e. The van der Waals surface area contributed by atoms with Crippen molar-refractivity contribution in [1.29, 1.82) is 0 Å². The van der Waals surface area contributed by atoms with Gasteiger partial charge in [-0.15, -0.1) is 0 Å². The Bertz CT molecular complexity index is 1020. The number of fused-ring (bicyclic) bond motifs is 1. The highest BCUT2D eigenvalue weighted by Gasteiger charge is 2.25. The Morgan fingerprint density at radius 1 is 1.24 bits per heavy atom. The van der Waals surface area contributed by atoms with Gasteiger partial charge in [0.1, 0.15) is 4.90 Å². The molecule has 5 nitrogen and oxygen atoms in total. The van der Waals surface area contributed by atoms with Gasteiger partial charge in [-0.1, -0.05) is 23.7 Å². The van der Waals surface area contributed by atoms with E-state index in [0.717, 1.165) is 36.9 Å². The second-order valence-corrected chi connectivity index (χ2v) is 8.44. The predicted molar refractivity (Wildman–Crippen MR) is 98.5 cm³/mol. The molecule has 4 rings (SSSR count). The van der Waals surface area contributed by atoms with Crippen LogP contribution in [0.15, 0.2) is 53.7 Å². The third kappa shape index (κ3) is 2.94. The number of nitrogens with one attached hydrogen (secondary N) is 1. The largest absolute Gasteiger partial charge is 0.314 e. The monoisotopic (exact) mass is 375 g/mol. The third-order valence-corrected chi connectivity index (χ3v) is 6.78. The lowest BCUT2D eigenvalue weighted by Crippen LogP contribution is -2.23. The highest BCUT2D eigenvalue weighted by atomic mass is 35.5. The molecule has 0 spiro atoms. The van der Waals surface area contributed by atoms with E-state index in [-0.39, 0.29) is 9.92 Å². The highest BCUT2D eigenvalue weighted by molar-refractivity contribution is 7.90. The molecular weight excluding hydrogens is 358 g/mol. The van der Waals surface area contributed by atoms with Gasteiger partial charge >= 0.3 is 0 Å². The van der Waals surface area contributed by atoms with E-state index in [2.05, 4.69) is 10.3 Å². The topological polar surface area (TPSA) is 64.0 Å². The van der Waals surface area contributed by atoms with Gasteiger partial charge in [-0.05, 0) is 55.6 Å². The molecule has 3 aromatic rings. The molecule has 0 radical (unpaired) electrons. The number of hydrogen-bond donors (Lipinski definition) is 1. The minimum atomic E-state index is -3.78. The van der Waals surface area contributed by atoms with Crippen LogP contribution in [0.2, 0.25) is 5.02 Å². The SMILES string of the molecule is O=S(=O)(c1ccccc1Cl)n1cc(C[C@@H]2CCCN2)c2ncccc21. The molecule has 7 heteroatoms. The van der Waals surface area contributed by atoms with Crippen molar-refractivity contribution < 1.29 is 8.42 Å². The molecule has 0 amide bonds. The van der Waals surface area contributed by atoms with Crippen molar-refractivity contribution in [2.24, 2.45) is 0 Å². The molecule has 1 N–H and O–H groups in total. The van der Waals surface area contributed by atoms with Gasteiger partial charge in [0.05, 0.1) is 16.1 Å². The van der Waals surface area contributed by atoms with Crippen LogP contribution in [0.1, 0.15) is 18.4 Å². The molecule has 0 aliphatic carbocycles. The highest BCUT2D eigenvalue weighted by Crippen LogP contribution is 2.29. The first kappa shape index (κ1) is 16.6. The average molecular weight is 376 g/mol. The van der Waals surface area contributed by atoms with Crippen molar-refractivity contribution >= 4 is 32.7 Å². The molecule has 1 aliphatic heterocycles. The van der Waals surface area contributed by atoms with Crippen molar-refractivity contribution in [3.05, 3.63) is 59.4 Å². The van der Waals surface area contributed by atoms with Crippen molar-refractivity contribution in [1.82, 2.24) is 14.3 Å². The molecule has 2 aromatic heterocycles. The Kier molecular flexibility index (Phi) is 4.27. The van der Waals surface area contributed by atoms with Gasteiger partial charge in [0.15, 0.2) is 0 Å². The Balaban J connectivity index is 1.86. The zero-order valence-electron chi connectivity index (χ0n) is 13.5. The van der Waals surface area contributed by atoms with Crippen LogP contribution < -0.4 is 5.32 Å². The van der Waals surface area contributed by atoms with E-state index in [9.17, 15) is 8.42 Å². The molecular formula is C18H18ClN3O2S. The van der Waals surface area contributed by atoms with Gasteiger partial charge in [-0.3, -0.25) is 4.98 Å². The molecule has 1 aromatic carbocycles.